The van der Waals surface area contributed by atoms with E-state index in [0.717, 1.165) is 36.4 Å². The molecule has 0 aliphatic heterocycles. The minimum Gasteiger partial charge on any atom is -0.395 e. The van der Waals surface area contributed by atoms with E-state index < -0.39 is 17.9 Å². The number of nitrogens with one attached hydrogen (secondary N) is 1. The van der Waals surface area contributed by atoms with E-state index in [9.17, 15) is 14.4 Å². The van der Waals surface area contributed by atoms with Gasteiger partial charge in [-0.1, -0.05) is 51.3 Å². The van der Waals surface area contributed by atoms with E-state index in [1.165, 1.54) is 4.90 Å². The first-order valence-electron chi connectivity index (χ1n) is 10.9. The largest absolute Gasteiger partial charge is 0.395 e. The summed E-state index contributed by atoms with van der Waals surface area (Å²) in [5.41, 5.74) is 12.8. The SMILES string of the molecule is CCCC[C@@H](C(=O)NCCC(C)C)N(C(=O)c1snc(C(N)=O)c1N)c1ccc(C)cc1. The summed E-state index contributed by atoms with van der Waals surface area (Å²) in [7, 11) is 0. The molecule has 0 fully saturated rings. The number of rotatable bonds is 11. The van der Waals surface area contributed by atoms with Crippen LogP contribution in [0.25, 0.3) is 0 Å². The Bertz CT molecular complexity index is 940. The van der Waals surface area contributed by atoms with E-state index in [0.29, 0.717) is 24.6 Å². The van der Waals surface area contributed by atoms with Crippen LogP contribution in [0.4, 0.5) is 11.4 Å². The van der Waals surface area contributed by atoms with Gasteiger partial charge in [0.1, 0.15) is 10.9 Å². The fraction of sp³-hybridized carbons (Fsp3) is 0.478. The van der Waals surface area contributed by atoms with Crippen LogP contribution in [0.15, 0.2) is 24.3 Å². The maximum atomic E-state index is 13.7. The second-order valence-corrected chi connectivity index (χ2v) is 9.05. The van der Waals surface area contributed by atoms with Crippen molar-refractivity contribution in [2.75, 3.05) is 17.2 Å². The molecule has 1 atom stereocenters. The molecule has 0 saturated carbocycles. The van der Waals surface area contributed by atoms with Gasteiger partial charge in [-0.05, 0) is 49.3 Å². The summed E-state index contributed by atoms with van der Waals surface area (Å²) in [6.07, 6.45) is 2.97. The Morgan fingerprint density at radius 3 is 2.34 bits per heavy atom. The number of aromatic nitrogens is 1. The van der Waals surface area contributed by atoms with Crippen LogP contribution in [0.3, 0.4) is 0 Å². The molecular weight excluding hydrogens is 426 g/mol. The molecule has 1 aromatic heterocycles. The highest BCUT2D eigenvalue weighted by molar-refractivity contribution is 7.09. The van der Waals surface area contributed by atoms with Crippen LogP contribution in [0.2, 0.25) is 0 Å². The normalized spacial score (nSPS) is 11.9. The van der Waals surface area contributed by atoms with Gasteiger partial charge in [-0.2, -0.15) is 4.37 Å². The number of nitrogen functional groups attached to an aromatic ring is 1. The maximum absolute atomic E-state index is 13.7. The molecule has 0 bridgehead atoms. The first-order chi connectivity index (χ1) is 15.2. The van der Waals surface area contributed by atoms with Gasteiger partial charge in [-0.15, -0.1) is 0 Å². The molecule has 0 saturated heterocycles. The zero-order valence-corrected chi connectivity index (χ0v) is 20.0. The number of hydrogen-bond acceptors (Lipinski definition) is 6. The van der Waals surface area contributed by atoms with Gasteiger partial charge in [0.15, 0.2) is 5.69 Å². The van der Waals surface area contributed by atoms with Crippen molar-refractivity contribution in [1.82, 2.24) is 9.69 Å². The highest BCUT2D eigenvalue weighted by atomic mass is 32.1. The fourth-order valence-electron chi connectivity index (χ4n) is 3.26. The number of amides is 3. The molecule has 0 radical (unpaired) electrons. The molecule has 5 N–H and O–H groups in total. The Hall–Kier alpha value is -2.94. The van der Waals surface area contributed by atoms with E-state index in [4.69, 9.17) is 11.5 Å². The molecule has 0 aliphatic rings. The number of hydrogen-bond donors (Lipinski definition) is 3. The van der Waals surface area contributed by atoms with Gasteiger partial charge in [-0.25, -0.2) is 0 Å². The molecule has 1 aromatic carbocycles. The number of carbonyl (C=O) groups excluding carboxylic acids is 3. The minimum atomic E-state index is -0.798. The van der Waals surface area contributed by atoms with Gasteiger partial charge in [0.05, 0.1) is 5.69 Å². The van der Waals surface area contributed by atoms with Crippen molar-refractivity contribution in [3.63, 3.8) is 0 Å². The van der Waals surface area contributed by atoms with Crippen molar-refractivity contribution in [2.24, 2.45) is 11.7 Å². The molecule has 2 aromatic rings. The Labute approximate surface area is 193 Å². The monoisotopic (exact) mass is 459 g/mol. The van der Waals surface area contributed by atoms with Gasteiger partial charge >= 0.3 is 0 Å². The standard InChI is InChI=1S/C23H33N5O3S/c1-5-6-7-17(22(30)26-13-12-14(2)3)28(16-10-8-15(4)9-11-16)23(31)20-18(24)19(21(25)29)27-32-20/h8-11,14,17H,5-7,12-13,24H2,1-4H3,(H2,25,29)(H,26,30)/t17-/m0/s1. The van der Waals surface area contributed by atoms with Crippen molar-refractivity contribution in [1.29, 1.82) is 0 Å². The second kappa shape index (κ2) is 11.6. The van der Waals surface area contributed by atoms with Crippen molar-refractivity contribution in [2.45, 2.75) is 59.4 Å². The Balaban J connectivity index is 2.48. The quantitative estimate of drug-likeness (QED) is 0.473. The zero-order valence-electron chi connectivity index (χ0n) is 19.2. The molecule has 0 unspecified atom stereocenters. The third-order valence-corrected chi connectivity index (χ3v) is 6.00. The van der Waals surface area contributed by atoms with E-state index >= 15 is 0 Å². The summed E-state index contributed by atoms with van der Waals surface area (Å²) in [6.45, 7) is 8.69. The van der Waals surface area contributed by atoms with Crippen molar-refractivity contribution in [3.05, 3.63) is 40.4 Å². The number of benzene rings is 1. The van der Waals surface area contributed by atoms with Crippen LogP contribution in [0, 0.1) is 12.8 Å². The summed E-state index contributed by atoms with van der Waals surface area (Å²) in [6, 6.07) is 6.65. The van der Waals surface area contributed by atoms with E-state index in [1.54, 1.807) is 12.1 Å². The van der Waals surface area contributed by atoms with Crippen LogP contribution in [-0.4, -0.2) is 34.7 Å². The molecule has 8 nitrogen and oxygen atoms in total. The first-order valence-corrected chi connectivity index (χ1v) is 11.7. The number of primary amides is 1. The van der Waals surface area contributed by atoms with Gasteiger partial charge in [0.25, 0.3) is 11.8 Å². The number of aryl methyl sites for hydroxylation is 1. The van der Waals surface area contributed by atoms with Gasteiger partial charge in [-0.3, -0.25) is 19.3 Å². The summed E-state index contributed by atoms with van der Waals surface area (Å²) >= 11 is 0.815. The highest BCUT2D eigenvalue weighted by Crippen LogP contribution is 2.29. The Morgan fingerprint density at radius 1 is 1.16 bits per heavy atom. The van der Waals surface area contributed by atoms with Crippen molar-refractivity contribution < 1.29 is 14.4 Å². The second-order valence-electron chi connectivity index (χ2n) is 8.28. The molecule has 1 heterocycles. The molecule has 3 amide bonds. The summed E-state index contributed by atoms with van der Waals surface area (Å²) in [5.74, 6) is -1.04. The molecule has 0 spiro atoms. The van der Waals surface area contributed by atoms with Crippen LogP contribution < -0.4 is 21.7 Å². The third-order valence-electron chi connectivity index (χ3n) is 5.15. The van der Waals surface area contributed by atoms with Crippen LogP contribution >= 0.6 is 11.5 Å². The lowest BCUT2D eigenvalue weighted by atomic mass is 10.0. The Morgan fingerprint density at radius 2 is 1.81 bits per heavy atom. The molecular formula is C23H33N5O3S. The third kappa shape index (κ3) is 6.29. The molecule has 9 heteroatoms. The number of nitrogens with zero attached hydrogens (tertiary/aromatic N) is 2. The lowest BCUT2D eigenvalue weighted by Crippen LogP contribution is -2.50. The van der Waals surface area contributed by atoms with Crippen molar-refractivity contribution >= 4 is 40.6 Å². The summed E-state index contributed by atoms with van der Waals surface area (Å²) in [5, 5.41) is 2.98. The lowest BCUT2D eigenvalue weighted by molar-refractivity contribution is -0.122. The average Bonchev–Trinajstić information content (AvgIpc) is 3.13. The fourth-order valence-corrected chi connectivity index (χ4v) is 4.00. The number of anilines is 2. The van der Waals surface area contributed by atoms with Crippen LogP contribution in [0.1, 0.15) is 72.2 Å². The molecule has 2 rings (SSSR count). The molecule has 174 valence electrons. The van der Waals surface area contributed by atoms with Gasteiger partial charge in [0, 0.05) is 12.2 Å². The number of unbranched alkanes of at least 4 members (excludes halogenated alkanes) is 1. The summed E-state index contributed by atoms with van der Waals surface area (Å²) < 4.78 is 3.96. The van der Waals surface area contributed by atoms with Crippen LogP contribution in [-0.2, 0) is 4.79 Å². The summed E-state index contributed by atoms with van der Waals surface area (Å²) in [4.78, 5) is 40.0. The maximum Gasteiger partial charge on any atom is 0.272 e. The lowest BCUT2D eigenvalue weighted by Gasteiger charge is -2.31. The topological polar surface area (TPSA) is 131 Å². The molecule has 0 aliphatic carbocycles. The van der Waals surface area contributed by atoms with Crippen LogP contribution in [0.5, 0.6) is 0 Å². The number of nitrogens with two attached hydrogens (primary N) is 2. The van der Waals surface area contributed by atoms with E-state index in [2.05, 4.69) is 23.5 Å². The van der Waals surface area contributed by atoms with Gasteiger partial charge in [0.2, 0.25) is 5.91 Å². The predicted molar refractivity (Wildman–Crippen MR) is 129 cm³/mol. The first kappa shape index (κ1) is 25.3. The minimum absolute atomic E-state index is 0.0564. The zero-order chi connectivity index (χ0) is 23.8. The smallest absolute Gasteiger partial charge is 0.272 e. The van der Waals surface area contributed by atoms with E-state index in [1.807, 2.05) is 26.0 Å². The molecule has 32 heavy (non-hydrogen) atoms. The highest BCUT2D eigenvalue weighted by Gasteiger charge is 2.34. The number of carbonyl (C=O) groups is 3. The van der Waals surface area contributed by atoms with Crippen molar-refractivity contribution in [3.8, 4) is 0 Å². The van der Waals surface area contributed by atoms with Gasteiger partial charge < -0.3 is 16.8 Å². The average molecular weight is 460 g/mol. The Kier molecular flexibility index (Phi) is 9.19. The van der Waals surface area contributed by atoms with E-state index in [-0.39, 0.29) is 22.2 Å². The predicted octanol–water partition coefficient (Wildman–Crippen LogP) is 3.50.